The molecule has 0 amide bonds. The first-order valence-electron chi connectivity index (χ1n) is 9.52. The number of piperidine rings is 1. The van der Waals surface area contributed by atoms with Gasteiger partial charge in [-0.25, -0.2) is 13.9 Å². The summed E-state index contributed by atoms with van der Waals surface area (Å²) in [5.41, 5.74) is 2.21. The topological polar surface area (TPSA) is 54.7 Å². The molecule has 1 fully saturated rings. The molecule has 1 aromatic carbocycles. The van der Waals surface area contributed by atoms with Crippen molar-refractivity contribution in [2.45, 2.75) is 25.3 Å². The van der Waals surface area contributed by atoms with Crippen molar-refractivity contribution in [3.63, 3.8) is 0 Å². The van der Waals surface area contributed by atoms with Crippen molar-refractivity contribution in [1.82, 2.24) is 19.5 Å². The van der Waals surface area contributed by atoms with Gasteiger partial charge in [0.1, 0.15) is 24.0 Å². The van der Waals surface area contributed by atoms with Crippen LogP contribution in [0.2, 0.25) is 0 Å². The fraction of sp³-hybridized carbons (Fsp3) is 0.400. The molecule has 0 aliphatic carbocycles. The van der Waals surface area contributed by atoms with E-state index in [1.165, 1.54) is 25.0 Å². The molecule has 140 valence electrons. The molecule has 7 heteroatoms. The molecule has 27 heavy (non-hydrogen) atoms. The van der Waals surface area contributed by atoms with Crippen LogP contribution in [0.4, 0.5) is 10.2 Å². The molecule has 1 saturated heterocycles. The lowest BCUT2D eigenvalue weighted by Crippen LogP contribution is -2.45. The van der Waals surface area contributed by atoms with Gasteiger partial charge in [-0.1, -0.05) is 6.42 Å². The molecular weight excluding hydrogens is 345 g/mol. The van der Waals surface area contributed by atoms with Crippen molar-refractivity contribution in [2.75, 3.05) is 31.6 Å². The van der Waals surface area contributed by atoms with Crippen LogP contribution in [0.25, 0.3) is 16.8 Å². The van der Waals surface area contributed by atoms with E-state index in [2.05, 4.69) is 15.3 Å². The Balaban J connectivity index is 1.59. The summed E-state index contributed by atoms with van der Waals surface area (Å²) in [5, 5.41) is 7.84. The van der Waals surface area contributed by atoms with Crippen LogP contribution in [-0.4, -0.2) is 51.8 Å². The van der Waals surface area contributed by atoms with Gasteiger partial charge in [0.25, 0.3) is 0 Å². The van der Waals surface area contributed by atoms with E-state index >= 15 is 0 Å². The Kier molecular flexibility index (Phi) is 4.16. The average molecular weight is 367 g/mol. The van der Waals surface area contributed by atoms with Gasteiger partial charge in [0.15, 0.2) is 5.65 Å². The first-order valence-corrected chi connectivity index (χ1v) is 9.52. The summed E-state index contributed by atoms with van der Waals surface area (Å²) < 4.78 is 21.8. The summed E-state index contributed by atoms with van der Waals surface area (Å²) in [7, 11) is 0. The first-order chi connectivity index (χ1) is 13.3. The van der Waals surface area contributed by atoms with Gasteiger partial charge in [0.2, 0.25) is 0 Å². The van der Waals surface area contributed by atoms with E-state index < -0.39 is 0 Å². The molecule has 0 saturated carbocycles. The van der Waals surface area contributed by atoms with Crippen molar-refractivity contribution in [3.05, 3.63) is 42.5 Å². The van der Waals surface area contributed by atoms with Crippen LogP contribution in [0.15, 0.2) is 36.7 Å². The van der Waals surface area contributed by atoms with E-state index in [0.717, 1.165) is 43.0 Å². The molecule has 0 spiro atoms. The monoisotopic (exact) mass is 367 g/mol. The zero-order valence-corrected chi connectivity index (χ0v) is 15.1. The summed E-state index contributed by atoms with van der Waals surface area (Å²) in [6.07, 6.45) is 7.23. The SMILES string of the molecule is Fc1cc2cc(c1)-c1cnn3ccc(nc13)NCC1CCCCN1CCO2. The third-order valence-corrected chi connectivity index (χ3v) is 5.47. The van der Waals surface area contributed by atoms with Crippen LogP contribution >= 0.6 is 0 Å². The highest BCUT2D eigenvalue weighted by Crippen LogP contribution is 2.29. The number of nitrogens with zero attached hydrogens (tertiary/aromatic N) is 4. The van der Waals surface area contributed by atoms with Crippen molar-refractivity contribution < 1.29 is 9.13 Å². The maximum absolute atomic E-state index is 14.2. The lowest BCUT2D eigenvalue weighted by Gasteiger charge is -2.35. The van der Waals surface area contributed by atoms with Crippen LogP contribution in [0.3, 0.4) is 0 Å². The number of halogens is 1. The standard InChI is InChI=1S/C20H22FN5O/c21-15-9-14-10-17(11-15)27-8-7-25-5-2-1-3-16(25)12-22-19-4-6-26-20(24-19)18(14)13-23-26/h4,6,9-11,13,16H,1-3,5,7-8,12H2,(H,22,24). The summed E-state index contributed by atoms with van der Waals surface area (Å²) in [6, 6.07) is 7.19. The van der Waals surface area contributed by atoms with Gasteiger partial charge in [-0.3, -0.25) is 4.90 Å². The second-order valence-corrected chi connectivity index (χ2v) is 7.23. The highest BCUT2D eigenvalue weighted by Gasteiger charge is 2.22. The molecule has 4 bridgehead atoms. The Bertz CT molecular complexity index is 972. The molecule has 0 radical (unpaired) electrons. The van der Waals surface area contributed by atoms with Gasteiger partial charge in [0.05, 0.1) is 6.20 Å². The summed E-state index contributed by atoms with van der Waals surface area (Å²) in [6.45, 7) is 3.31. The molecule has 2 aliphatic rings. The minimum atomic E-state index is -0.320. The highest BCUT2D eigenvalue weighted by molar-refractivity contribution is 5.78. The summed E-state index contributed by atoms with van der Waals surface area (Å²) in [5.74, 6) is 1.04. The Morgan fingerprint density at radius 1 is 1.19 bits per heavy atom. The lowest BCUT2D eigenvalue weighted by atomic mass is 10.0. The van der Waals surface area contributed by atoms with Crippen LogP contribution in [0, 0.1) is 5.82 Å². The van der Waals surface area contributed by atoms with E-state index in [0.29, 0.717) is 24.0 Å². The molecule has 2 aromatic heterocycles. The Morgan fingerprint density at radius 2 is 2.15 bits per heavy atom. The zero-order valence-electron chi connectivity index (χ0n) is 15.1. The molecule has 5 rings (SSSR count). The molecule has 3 aromatic rings. The molecule has 4 heterocycles. The van der Waals surface area contributed by atoms with E-state index in [1.807, 2.05) is 18.3 Å². The quantitative estimate of drug-likeness (QED) is 0.661. The van der Waals surface area contributed by atoms with Crippen LogP contribution in [0.5, 0.6) is 5.75 Å². The van der Waals surface area contributed by atoms with Gasteiger partial charge in [-0.15, -0.1) is 0 Å². The van der Waals surface area contributed by atoms with Crippen LogP contribution in [-0.2, 0) is 0 Å². The molecule has 6 nitrogen and oxygen atoms in total. The summed E-state index contributed by atoms with van der Waals surface area (Å²) in [4.78, 5) is 7.20. The fourth-order valence-corrected chi connectivity index (χ4v) is 4.06. The predicted molar refractivity (Wildman–Crippen MR) is 102 cm³/mol. The van der Waals surface area contributed by atoms with E-state index in [-0.39, 0.29) is 5.82 Å². The lowest BCUT2D eigenvalue weighted by molar-refractivity contribution is 0.129. The predicted octanol–water partition coefficient (Wildman–Crippen LogP) is 3.19. The van der Waals surface area contributed by atoms with E-state index in [9.17, 15) is 4.39 Å². The average Bonchev–Trinajstić information content (AvgIpc) is 3.09. The van der Waals surface area contributed by atoms with E-state index in [1.54, 1.807) is 10.7 Å². The maximum atomic E-state index is 14.2. The van der Waals surface area contributed by atoms with Crippen molar-refractivity contribution >= 4 is 11.5 Å². The molecule has 1 unspecified atom stereocenters. The zero-order chi connectivity index (χ0) is 18.2. The number of aromatic nitrogens is 3. The van der Waals surface area contributed by atoms with Crippen molar-refractivity contribution in [3.8, 4) is 16.9 Å². The Labute approximate surface area is 157 Å². The second kappa shape index (κ2) is 6.81. The maximum Gasteiger partial charge on any atom is 0.165 e. The molecule has 1 atom stereocenters. The highest BCUT2D eigenvalue weighted by atomic mass is 19.1. The minimum Gasteiger partial charge on any atom is -0.492 e. The molecular formula is C20H22FN5O. The van der Waals surface area contributed by atoms with Gasteiger partial charge in [-0.2, -0.15) is 5.10 Å². The third kappa shape index (κ3) is 3.23. The van der Waals surface area contributed by atoms with Crippen LogP contribution < -0.4 is 10.1 Å². The van der Waals surface area contributed by atoms with Gasteiger partial charge in [-0.05, 0) is 43.1 Å². The Morgan fingerprint density at radius 3 is 3.11 bits per heavy atom. The number of hydrogen-bond acceptors (Lipinski definition) is 5. The number of rotatable bonds is 0. The molecule has 1 N–H and O–H groups in total. The molecule has 2 aliphatic heterocycles. The number of benzene rings is 1. The second-order valence-electron chi connectivity index (χ2n) is 7.23. The number of fused-ring (bicyclic) bond motifs is 5. The number of nitrogens with one attached hydrogen (secondary N) is 1. The fourth-order valence-electron chi connectivity index (χ4n) is 4.06. The minimum absolute atomic E-state index is 0.320. The largest absolute Gasteiger partial charge is 0.492 e. The van der Waals surface area contributed by atoms with Gasteiger partial charge in [0, 0.05) is 37.0 Å². The van der Waals surface area contributed by atoms with Crippen molar-refractivity contribution in [1.29, 1.82) is 0 Å². The number of ether oxygens (including phenoxy) is 1. The smallest absolute Gasteiger partial charge is 0.165 e. The number of hydrogen-bond donors (Lipinski definition) is 1. The van der Waals surface area contributed by atoms with Gasteiger partial charge >= 0.3 is 0 Å². The first kappa shape index (κ1) is 16.5. The third-order valence-electron chi connectivity index (χ3n) is 5.47. The number of anilines is 1. The van der Waals surface area contributed by atoms with Gasteiger partial charge < -0.3 is 10.1 Å². The summed E-state index contributed by atoms with van der Waals surface area (Å²) >= 11 is 0. The van der Waals surface area contributed by atoms with Crippen LogP contribution in [0.1, 0.15) is 19.3 Å². The van der Waals surface area contributed by atoms with E-state index in [4.69, 9.17) is 9.72 Å². The normalized spacial score (nSPS) is 20.6. The van der Waals surface area contributed by atoms with Crippen molar-refractivity contribution in [2.24, 2.45) is 0 Å². The Hall–Kier alpha value is -2.67.